The number of hydrogen-bond acceptors (Lipinski definition) is 4. The lowest BCUT2D eigenvalue weighted by atomic mass is 10.1. The van der Waals surface area contributed by atoms with E-state index in [0.717, 1.165) is 23.0 Å². The number of nitrogens with zero attached hydrogens (tertiary/aromatic N) is 3. The van der Waals surface area contributed by atoms with Crippen LogP contribution in [-0.2, 0) is 11.3 Å². The predicted octanol–water partition coefficient (Wildman–Crippen LogP) is 3.05. The first-order valence-electron chi connectivity index (χ1n) is 7.32. The molecule has 0 bridgehead atoms. The van der Waals surface area contributed by atoms with Gasteiger partial charge >= 0.3 is 5.97 Å². The van der Waals surface area contributed by atoms with Gasteiger partial charge in [0.1, 0.15) is 5.52 Å². The summed E-state index contributed by atoms with van der Waals surface area (Å²) >= 11 is 0. The fourth-order valence-corrected chi connectivity index (χ4v) is 2.23. The third-order valence-corrected chi connectivity index (χ3v) is 3.38. The third kappa shape index (κ3) is 2.98. The number of fused-ring (bicyclic) bond motifs is 1. The molecule has 112 valence electrons. The largest absolute Gasteiger partial charge is 0.462 e. The lowest BCUT2D eigenvalue weighted by molar-refractivity contribution is 0.0505. The topological polar surface area (TPSA) is 57.0 Å². The Balaban J connectivity index is 1.75. The van der Waals surface area contributed by atoms with Crippen LogP contribution in [0, 0.1) is 0 Å². The summed E-state index contributed by atoms with van der Waals surface area (Å²) in [6.07, 6.45) is 0.823. The SMILES string of the molecule is CCCOC(=O)c1ccc(Cn2nnc3ccccc32)cc1. The highest BCUT2D eigenvalue weighted by Crippen LogP contribution is 2.13. The monoisotopic (exact) mass is 295 g/mol. The minimum Gasteiger partial charge on any atom is -0.462 e. The summed E-state index contributed by atoms with van der Waals surface area (Å²) in [4.78, 5) is 11.8. The lowest BCUT2D eigenvalue weighted by Gasteiger charge is -2.05. The van der Waals surface area contributed by atoms with Gasteiger partial charge in [-0.25, -0.2) is 9.48 Å². The molecule has 0 spiro atoms. The molecule has 2 aromatic carbocycles. The molecule has 0 fully saturated rings. The zero-order valence-electron chi connectivity index (χ0n) is 12.4. The van der Waals surface area contributed by atoms with Crippen LogP contribution < -0.4 is 0 Å². The molecule has 0 N–H and O–H groups in total. The Bertz CT molecular complexity index is 778. The van der Waals surface area contributed by atoms with Crippen LogP contribution in [0.1, 0.15) is 29.3 Å². The highest BCUT2D eigenvalue weighted by Gasteiger charge is 2.08. The van der Waals surface area contributed by atoms with E-state index in [0.29, 0.717) is 18.7 Å². The normalized spacial score (nSPS) is 10.8. The van der Waals surface area contributed by atoms with Gasteiger partial charge in [0, 0.05) is 0 Å². The van der Waals surface area contributed by atoms with Crippen molar-refractivity contribution in [1.82, 2.24) is 15.0 Å². The second kappa shape index (κ2) is 6.39. The first-order valence-corrected chi connectivity index (χ1v) is 7.32. The summed E-state index contributed by atoms with van der Waals surface area (Å²) in [5, 5.41) is 8.30. The van der Waals surface area contributed by atoms with Gasteiger partial charge in [-0.3, -0.25) is 0 Å². The quantitative estimate of drug-likeness (QED) is 0.679. The van der Waals surface area contributed by atoms with Gasteiger partial charge in [0.25, 0.3) is 0 Å². The molecule has 22 heavy (non-hydrogen) atoms. The van der Waals surface area contributed by atoms with Gasteiger partial charge in [0.05, 0.1) is 24.2 Å². The van der Waals surface area contributed by atoms with Crippen molar-refractivity contribution in [2.75, 3.05) is 6.61 Å². The maximum absolute atomic E-state index is 11.8. The van der Waals surface area contributed by atoms with E-state index in [9.17, 15) is 4.79 Å². The van der Waals surface area contributed by atoms with Gasteiger partial charge in [0.15, 0.2) is 0 Å². The number of hydrogen-bond donors (Lipinski definition) is 0. The molecule has 5 nitrogen and oxygen atoms in total. The van der Waals surface area contributed by atoms with E-state index in [2.05, 4.69) is 10.3 Å². The number of rotatable bonds is 5. The summed E-state index contributed by atoms with van der Waals surface area (Å²) in [5.41, 5.74) is 3.50. The predicted molar refractivity (Wildman–Crippen MR) is 83.6 cm³/mol. The fourth-order valence-electron chi connectivity index (χ4n) is 2.23. The summed E-state index contributed by atoms with van der Waals surface area (Å²) in [7, 11) is 0. The molecule has 3 rings (SSSR count). The molecule has 0 saturated carbocycles. The molecule has 0 unspecified atom stereocenters. The fraction of sp³-hybridized carbons (Fsp3) is 0.235. The number of benzene rings is 2. The molecule has 5 heteroatoms. The lowest BCUT2D eigenvalue weighted by Crippen LogP contribution is -2.06. The van der Waals surface area contributed by atoms with Gasteiger partial charge in [0.2, 0.25) is 0 Å². The van der Waals surface area contributed by atoms with E-state index in [1.165, 1.54) is 0 Å². The Labute approximate surface area is 128 Å². The molecule has 1 aromatic heterocycles. The van der Waals surface area contributed by atoms with E-state index in [1.807, 2.05) is 48.0 Å². The molecule has 0 saturated heterocycles. The minimum atomic E-state index is -0.278. The molecule has 0 radical (unpaired) electrons. The highest BCUT2D eigenvalue weighted by molar-refractivity contribution is 5.89. The molecule has 0 atom stereocenters. The van der Waals surface area contributed by atoms with Gasteiger partial charge in [-0.2, -0.15) is 0 Å². The maximum Gasteiger partial charge on any atom is 0.338 e. The van der Waals surface area contributed by atoms with Crippen molar-refractivity contribution in [3.63, 3.8) is 0 Å². The Kier molecular flexibility index (Phi) is 4.14. The highest BCUT2D eigenvalue weighted by atomic mass is 16.5. The van der Waals surface area contributed by atoms with Crippen LogP contribution in [0.15, 0.2) is 48.5 Å². The van der Waals surface area contributed by atoms with Crippen LogP contribution in [0.3, 0.4) is 0 Å². The Hall–Kier alpha value is -2.69. The van der Waals surface area contributed by atoms with E-state index in [-0.39, 0.29) is 5.97 Å². The van der Waals surface area contributed by atoms with Crippen molar-refractivity contribution in [1.29, 1.82) is 0 Å². The van der Waals surface area contributed by atoms with Crippen molar-refractivity contribution in [2.45, 2.75) is 19.9 Å². The Morgan fingerprint density at radius 2 is 1.91 bits per heavy atom. The van der Waals surface area contributed by atoms with Crippen LogP contribution in [0.5, 0.6) is 0 Å². The summed E-state index contributed by atoms with van der Waals surface area (Å²) in [5.74, 6) is -0.278. The first-order chi connectivity index (χ1) is 10.8. The van der Waals surface area contributed by atoms with Crippen molar-refractivity contribution in [3.8, 4) is 0 Å². The molecule has 0 amide bonds. The van der Waals surface area contributed by atoms with E-state index >= 15 is 0 Å². The van der Waals surface area contributed by atoms with Crippen LogP contribution in [0.4, 0.5) is 0 Å². The third-order valence-electron chi connectivity index (χ3n) is 3.38. The smallest absolute Gasteiger partial charge is 0.338 e. The van der Waals surface area contributed by atoms with E-state index < -0.39 is 0 Å². The van der Waals surface area contributed by atoms with Gasteiger partial charge in [-0.05, 0) is 36.2 Å². The van der Waals surface area contributed by atoms with Gasteiger partial charge in [-0.1, -0.05) is 36.4 Å². The molecular weight excluding hydrogens is 278 g/mol. The number of ether oxygens (including phenoxy) is 1. The zero-order chi connectivity index (χ0) is 15.4. The molecule has 0 aliphatic carbocycles. The molecule has 0 aliphatic rings. The van der Waals surface area contributed by atoms with Crippen LogP contribution in [-0.4, -0.2) is 27.6 Å². The average Bonchev–Trinajstić information content (AvgIpc) is 2.96. The summed E-state index contributed by atoms with van der Waals surface area (Å²) in [6, 6.07) is 15.2. The number of para-hydroxylation sites is 1. The zero-order valence-corrected chi connectivity index (χ0v) is 12.4. The Morgan fingerprint density at radius 3 is 2.68 bits per heavy atom. The standard InChI is InChI=1S/C17H17N3O2/c1-2-11-22-17(21)14-9-7-13(8-10-14)12-20-16-6-4-3-5-15(16)18-19-20/h3-10H,2,11-12H2,1H3. The summed E-state index contributed by atoms with van der Waals surface area (Å²) < 4.78 is 6.96. The van der Waals surface area contributed by atoms with Crippen molar-refractivity contribution in [3.05, 3.63) is 59.7 Å². The number of carbonyl (C=O) groups excluding carboxylic acids is 1. The van der Waals surface area contributed by atoms with E-state index in [1.54, 1.807) is 12.1 Å². The minimum absolute atomic E-state index is 0.278. The summed E-state index contributed by atoms with van der Waals surface area (Å²) in [6.45, 7) is 3.04. The maximum atomic E-state index is 11.8. The van der Waals surface area contributed by atoms with Gasteiger partial charge in [-0.15, -0.1) is 5.10 Å². The van der Waals surface area contributed by atoms with Crippen LogP contribution in [0.25, 0.3) is 11.0 Å². The number of esters is 1. The van der Waals surface area contributed by atoms with Crippen LogP contribution in [0.2, 0.25) is 0 Å². The van der Waals surface area contributed by atoms with Crippen molar-refractivity contribution >= 4 is 17.0 Å². The Morgan fingerprint density at radius 1 is 1.14 bits per heavy atom. The second-order valence-electron chi connectivity index (χ2n) is 5.07. The molecule has 1 heterocycles. The molecule has 3 aromatic rings. The molecular formula is C17H17N3O2. The van der Waals surface area contributed by atoms with Crippen LogP contribution >= 0.6 is 0 Å². The number of carbonyl (C=O) groups is 1. The average molecular weight is 295 g/mol. The first kappa shape index (κ1) is 14.3. The second-order valence-corrected chi connectivity index (χ2v) is 5.07. The number of aromatic nitrogens is 3. The van der Waals surface area contributed by atoms with Crippen molar-refractivity contribution in [2.24, 2.45) is 0 Å². The van der Waals surface area contributed by atoms with E-state index in [4.69, 9.17) is 4.74 Å². The molecule has 0 aliphatic heterocycles. The van der Waals surface area contributed by atoms with Gasteiger partial charge < -0.3 is 4.74 Å². The van der Waals surface area contributed by atoms with Crippen molar-refractivity contribution < 1.29 is 9.53 Å².